The third kappa shape index (κ3) is 3.58. The molecule has 0 radical (unpaired) electrons. The van der Waals surface area contributed by atoms with Crippen LogP contribution in [0, 0.1) is 2.88 Å². The Labute approximate surface area is 107 Å². The molecule has 0 saturated carbocycles. The number of hydrogen-bond acceptors (Lipinski definition) is 3. The van der Waals surface area contributed by atoms with Crippen molar-refractivity contribution in [3.8, 4) is 0 Å². The Morgan fingerprint density at radius 3 is 2.93 bits per heavy atom. The smallest absolute Gasteiger partial charge is 0.255 e. The van der Waals surface area contributed by atoms with Gasteiger partial charge in [0.2, 0.25) is 0 Å². The van der Waals surface area contributed by atoms with E-state index in [9.17, 15) is 4.79 Å². The molecule has 1 amide bonds. The van der Waals surface area contributed by atoms with Gasteiger partial charge in [-0.05, 0) is 28.7 Å². The molecule has 0 atom stereocenters. The van der Waals surface area contributed by atoms with Crippen LogP contribution in [0.15, 0.2) is 24.1 Å². The topological polar surface area (TPSA) is 40.5 Å². The average molecular weight is 337 g/mol. The third-order valence-electron chi connectivity index (χ3n) is 1.82. The van der Waals surface area contributed by atoms with Gasteiger partial charge in [0.05, 0.1) is 15.1 Å². The lowest BCUT2D eigenvalue weighted by Gasteiger charge is -2.19. The molecular formula is C10H12INO2S. The molecule has 1 aromatic heterocycles. The minimum Gasteiger partial charge on any atom is -0.395 e. The summed E-state index contributed by atoms with van der Waals surface area (Å²) in [4.78, 5) is 13.5. The normalized spacial score (nSPS) is 10.0. The van der Waals surface area contributed by atoms with E-state index in [0.717, 1.165) is 2.88 Å². The van der Waals surface area contributed by atoms with Gasteiger partial charge in [0.15, 0.2) is 0 Å². The van der Waals surface area contributed by atoms with Gasteiger partial charge in [0, 0.05) is 18.5 Å². The summed E-state index contributed by atoms with van der Waals surface area (Å²) < 4.78 is 1.08. The Bertz CT molecular complexity index is 351. The van der Waals surface area contributed by atoms with Gasteiger partial charge < -0.3 is 10.0 Å². The molecule has 1 N–H and O–H groups in total. The fourth-order valence-electron chi connectivity index (χ4n) is 1.16. The first kappa shape index (κ1) is 12.7. The molecule has 0 saturated heterocycles. The monoisotopic (exact) mass is 337 g/mol. The van der Waals surface area contributed by atoms with Crippen LogP contribution in [0.1, 0.15) is 10.4 Å². The maximum absolute atomic E-state index is 11.9. The van der Waals surface area contributed by atoms with Crippen LogP contribution in [0.5, 0.6) is 0 Å². The number of carbonyl (C=O) groups is 1. The van der Waals surface area contributed by atoms with Gasteiger partial charge in [0.1, 0.15) is 0 Å². The van der Waals surface area contributed by atoms with Crippen molar-refractivity contribution in [3.63, 3.8) is 0 Å². The molecule has 0 spiro atoms. The average Bonchev–Trinajstić information content (AvgIpc) is 2.63. The highest BCUT2D eigenvalue weighted by Gasteiger charge is 2.14. The number of thiophene rings is 1. The van der Waals surface area contributed by atoms with Crippen molar-refractivity contribution in [1.29, 1.82) is 0 Å². The summed E-state index contributed by atoms with van der Waals surface area (Å²) in [6.07, 6.45) is 1.66. The molecule has 3 nitrogen and oxygen atoms in total. The predicted molar refractivity (Wildman–Crippen MR) is 70.2 cm³/mol. The lowest BCUT2D eigenvalue weighted by Crippen LogP contribution is -2.33. The van der Waals surface area contributed by atoms with Crippen LogP contribution in [-0.4, -0.2) is 35.6 Å². The first-order chi connectivity index (χ1) is 7.19. The molecule has 0 fully saturated rings. The molecule has 0 aliphatic carbocycles. The zero-order valence-electron chi connectivity index (χ0n) is 8.15. The molecule has 5 heteroatoms. The van der Waals surface area contributed by atoms with Crippen molar-refractivity contribution in [2.24, 2.45) is 0 Å². The van der Waals surface area contributed by atoms with E-state index in [1.54, 1.807) is 11.0 Å². The van der Waals surface area contributed by atoms with Crippen LogP contribution < -0.4 is 0 Å². The first-order valence-corrected chi connectivity index (χ1v) is 6.40. The largest absolute Gasteiger partial charge is 0.395 e. The highest BCUT2D eigenvalue weighted by Crippen LogP contribution is 2.18. The molecule has 0 aromatic carbocycles. The molecule has 0 unspecified atom stereocenters. The maximum atomic E-state index is 11.9. The summed E-state index contributed by atoms with van der Waals surface area (Å²) in [6, 6.07) is 1.85. The fraction of sp³-hybridized carbons (Fsp3) is 0.300. The van der Waals surface area contributed by atoms with Gasteiger partial charge in [-0.2, -0.15) is 0 Å². The summed E-state index contributed by atoms with van der Waals surface area (Å²) in [6.45, 7) is 4.37. The van der Waals surface area contributed by atoms with E-state index >= 15 is 0 Å². The van der Waals surface area contributed by atoms with Gasteiger partial charge >= 0.3 is 0 Å². The number of carbonyl (C=O) groups excluding carboxylic acids is 1. The molecule has 15 heavy (non-hydrogen) atoms. The van der Waals surface area contributed by atoms with E-state index in [2.05, 4.69) is 29.2 Å². The molecule has 0 bridgehead atoms. The van der Waals surface area contributed by atoms with Crippen LogP contribution in [0.2, 0.25) is 0 Å². The third-order valence-corrected chi connectivity index (χ3v) is 3.61. The van der Waals surface area contributed by atoms with Crippen LogP contribution in [0.25, 0.3) is 0 Å². The molecule has 82 valence electrons. The Hall–Kier alpha value is -0.400. The highest BCUT2D eigenvalue weighted by atomic mass is 127. The lowest BCUT2D eigenvalue weighted by molar-refractivity contribution is 0.0743. The second kappa shape index (κ2) is 6.24. The number of aliphatic hydroxyl groups is 1. The zero-order chi connectivity index (χ0) is 11.3. The standard InChI is InChI=1S/C10H12INO2S/c1-2-3-12(4-5-13)10(14)8-6-9(11)15-7-8/h2,6-7,13H,1,3-5H2. The summed E-state index contributed by atoms with van der Waals surface area (Å²) in [5.74, 6) is -0.0527. The van der Waals surface area contributed by atoms with Crippen LogP contribution >= 0.6 is 33.9 Å². The highest BCUT2D eigenvalue weighted by molar-refractivity contribution is 14.1. The van der Waals surface area contributed by atoms with Gasteiger partial charge in [-0.3, -0.25) is 4.79 Å². The molecule has 1 aromatic rings. The van der Waals surface area contributed by atoms with Crippen LogP contribution in [0.3, 0.4) is 0 Å². The SMILES string of the molecule is C=CCN(CCO)C(=O)c1csc(I)c1. The van der Waals surface area contributed by atoms with Gasteiger partial charge in [0.25, 0.3) is 5.91 Å². The molecule has 0 aliphatic heterocycles. The molecule has 0 aliphatic rings. The Kier molecular flexibility index (Phi) is 5.27. The Balaban J connectivity index is 2.75. The molecular weight excluding hydrogens is 325 g/mol. The second-order valence-electron chi connectivity index (χ2n) is 2.90. The summed E-state index contributed by atoms with van der Waals surface area (Å²) >= 11 is 3.72. The second-order valence-corrected chi connectivity index (χ2v) is 5.71. The van der Waals surface area contributed by atoms with E-state index in [-0.39, 0.29) is 12.5 Å². The number of hydrogen-bond donors (Lipinski definition) is 1. The van der Waals surface area contributed by atoms with Crippen molar-refractivity contribution in [3.05, 3.63) is 32.5 Å². The minimum atomic E-state index is -0.0527. The van der Waals surface area contributed by atoms with Gasteiger partial charge in [-0.15, -0.1) is 17.9 Å². The Morgan fingerprint density at radius 1 is 1.73 bits per heavy atom. The van der Waals surface area contributed by atoms with E-state index in [0.29, 0.717) is 18.7 Å². The number of amides is 1. The first-order valence-electron chi connectivity index (χ1n) is 4.44. The quantitative estimate of drug-likeness (QED) is 0.659. The van der Waals surface area contributed by atoms with Gasteiger partial charge in [-0.25, -0.2) is 0 Å². The van der Waals surface area contributed by atoms with Gasteiger partial charge in [-0.1, -0.05) is 6.08 Å². The van der Waals surface area contributed by atoms with Crippen LogP contribution in [-0.2, 0) is 0 Å². The van der Waals surface area contributed by atoms with Crippen LogP contribution in [0.4, 0.5) is 0 Å². The van der Waals surface area contributed by atoms with Crippen molar-refractivity contribution in [2.45, 2.75) is 0 Å². The summed E-state index contributed by atoms with van der Waals surface area (Å²) in [5.41, 5.74) is 0.680. The minimum absolute atomic E-state index is 0.0270. The fourth-order valence-corrected chi connectivity index (χ4v) is 2.48. The number of nitrogens with zero attached hydrogens (tertiary/aromatic N) is 1. The van der Waals surface area contributed by atoms with E-state index in [4.69, 9.17) is 5.11 Å². The number of rotatable bonds is 5. The van der Waals surface area contributed by atoms with E-state index < -0.39 is 0 Å². The van der Waals surface area contributed by atoms with E-state index in [1.807, 2.05) is 11.4 Å². The number of halogens is 1. The summed E-state index contributed by atoms with van der Waals surface area (Å²) in [7, 11) is 0. The number of aliphatic hydroxyl groups excluding tert-OH is 1. The molecule has 1 heterocycles. The maximum Gasteiger partial charge on any atom is 0.255 e. The Morgan fingerprint density at radius 2 is 2.47 bits per heavy atom. The van der Waals surface area contributed by atoms with Crippen molar-refractivity contribution < 1.29 is 9.90 Å². The lowest BCUT2D eigenvalue weighted by atomic mass is 10.3. The van der Waals surface area contributed by atoms with Crippen molar-refractivity contribution >= 4 is 39.8 Å². The van der Waals surface area contributed by atoms with Crippen molar-refractivity contribution in [1.82, 2.24) is 4.90 Å². The zero-order valence-corrected chi connectivity index (χ0v) is 11.1. The van der Waals surface area contributed by atoms with Crippen molar-refractivity contribution in [2.75, 3.05) is 19.7 Å². The molecule has 1 rings (SSSR count). The summed E-state index contributed by atoms with van der Waals surface area (Å²) in [5, 5.41) is 10.7. The predicted octanol–water partition coefficient (Wildman–Crippen LogP) is 1.97. The van der Waals surface area contributed by atoms with E-state index in [1.165, 1.54) is 11.3 Å².